The van der Waals surface area contributed by atoms with Crippen molar-refractivity contribution in [3.63, 3.8) is 0 Å². The second-order valence-electron chi connectivity index (χ2n) is 7.10. The summed E-state index contributed by atoms with van der Waals surface area (Å²) in [6.45, 7) is 5.18. The predicted molar refractivity (Wildman–Crippen MR) is 113 cm³/mol. The van der Waals surface area contributed by atoms with E-state index in [1.165, 1.54) is 18.2 Å². The summed E-state index contributed by atoms with van der Waals surface area (Å²) in [5, 5.41) is 7.67. The minimum absolute atomic E-state index is 0.0914. The first kappa shape index (κ1) is 22.3. The van der Waals surface area contributed by atoms with E-state index >= 15 is 0 Å². The van der Waals surface area contributed by atoms with Gasteiger partial charge in [0.2, 0.25) is 10.0 Å². The molecule has 1 amide bonds. The number of nitrogens with two attached hydrogens (primary N) is 1. The number of nitrogens with one attached hydrogen (secondary N) is 1. The average molecular weight is 445 g/mol. The fourth-order valence-electron chi connectivity index (χ4n) is 3.20. The van der Waals surface area contributed by atoms with Crippen LogP contribution in [-0.2, 0) is 26.1 Å². The quantitative estimate of drug-likeness (QED) is 0.537. The lowest BCUT2D eigenvalue weighted by molar-refractivity contribution is -0.119. The lowest BCUT2D eigenvalue weighted by atomic mass is 10.2. The number of amides is 1. The molecule has 0 aliphatic carbocycles. The number of nitrogens with zero attached hydrogens (tertiary/aromatic N) is 1. The minimum Gasteiger partial charge on any atom is -0.467 e. The van der Waals surface area contributed by atoms with Gasteiger partial charge in [0.1, 0.15) is 5.76 Å². The second kappa shape index (κ2) is 8.78. The second-order valence-corrected chi connectivity index (χ2v) is 8.63. The van der Waals surface area contributed by atoms with Crippen molar-refractivity contribution in [3.8, 4) is 0 Å². The van der Waals surface area contributed by atoms with E-state index in [-0.39, 0.29) is 10.6 Å². The van der Waals surface area contributed by atoms with Crippen LogP contribution in [0.3, 0.4) is 0 Å². The summed E-state index contributed by atoms with van der Waals surface area (Å²) >= 11 is 0. The number of carbonyl (C=O) groups is 2. The van der Waals surface area contributed by atoms with E-state index in [2.05, 4.69) is 5.32 Å². The normalized spacial score (nSPS) is 11.4. The molecule has 0 saturated carbocycles. The van der Waals surface area contributed by atoms with Gasteiger partial charge in [0, 0.05) is 17.1 Å². The number of hydrogen-bond acceptors (Lipinski definition) is 6. The molecule has 0 unspecified atom stereocenters. The molecule has 9 nitrogen and oxygen atoms in total. The zero-order valence-electron chi connectivity index (χ0n) is 17.3. The van der Waals surface area contributed by atoms with Gasteiger partial charge >= 0.3 is 5.97 Å². The third-order valence-electron chi connectivity index (χ3n) is 4.80. The van der Waals surface area contributed by atoms with Gasteiger partial charge in [-0.3, -0.25) is 4.79 Å². The summed E-state index contributed by atoms with van der Waals surface area (Å²) in [6.07, 6.45) is 1.58. The van der Waals surface area contributed by atoms with E-state index in [9.17, 15) is 18.0 Å². The van der Waals surface area contributed by atoms with Crippen LogP contribution >= 0.6 is 0 Å². The number of hydrogen-bond donors (Lipinski definition) is 2. The number of anilines is 1. The van der Waals surface area contributed by atoms with Gasteiger partial charge in [-0.2, -0.15) is 0 Å². The van der Waals surface area contributed by atoms with Crippen molar-refractivity contribution in [1.82, 2.24) is 4.57 Å². The molecular weight excluding hydrogens is 422 g/mol. The highest BCUT2D eigenvalue weighted by molar-refractivity contribution is 7.89. The highest BCUT2D eigenvalue weighted by Crippen LogP contribution is 2.20. The van der Waals surface area contributed by atoms with E-state index in [4.69, 9.17) is 14.3 Å². The van der Waals surface area contributed by atoms with E-state index in [1.807, 2.05) is 17.6 Å². The van der Waals surface area contributed by atoms with Gasteiger partial charge in [0.05, 0.1) is 23.3 Å². The van der Waals surface area contributed by atoms with Crippen molar-refractivity contribution in [2.45, 2.75) is 32.2 Å². The van der Waals surface area contributed by atoms with E-state index in [0.717, 1.165) is 11.5 Å². The summed E-state index contributed by atoms with van der Waals surface area (Å²) in [5.74, 6) is -0.497. The first-order chi connectivity index (χ1) is 14.6. The Morgan fingerprint density at radius 2 is 1.90 bits per heavy atom. The van der Waals surface area contributed by atoms with Gasteiger partial charge in [-0.1, -0.05) is 6.07 Å². The highest BCUT2D eigenvalue weighted by atomic mass is 32.2. The van der Waals surface area contributed by atoms with Crippen molar-refractivity contribution < 1.29 is 27.2 Å². The van der Waals surface area contributed by atoms with Crippen molar-refractivity contribution in [1.29, 1.82) is 0 Å². The maximum Gasteiger partial charge on any atom is 0.340 e. The molecule has 31 heavy (non-hydrogen) atoms. The van der Waals surface area contributed by atoms with Crippen LogP contribution in [-0.4, -0.2) is 31.5 Å². The molecule has 0 radical (unpaired) electrons. The number of sulfonamides is 1. The van der Waals surface area contributed by atoms with Crippen LogP contribution in [0.15, 0.2) is 52.0 Å². The molecule has 3 rings (SSSR count). The number of aromatic nitrogens is 1. The van der Waals surface area contributed by atoms with Crippen LogP contribution in [0, 0.1) is 20.8 Å². The van der Waals surface area contributed by atoms with Gasteiger partial charge in [0.25, 0.3) is 5.91 Å². The summed E-state index contributed by atoms with van der Waals surface area (Å²) in [4.78, 5) is 24.6. The number of primary sulfonamides is 1. The fraction of sp³-hybridized carbons (Fsp3) is 0.238. The Labute approximate surface area is 179 Å². The number of rotatable bonds is 7. The topological polar surface area (TPSA) is 134 Å². The van der Waals surface area contributed by atoms with Crippen LogP contribution < -0.4 is 10.5 Å². The van der Waals surface area contributed by atoms with Gasteiger partial charge in [-0.05, 0) is 56.7 Å². The molecule has 0 aliphatic heterocycles. The van der Waals surface area contributed by atoms with Crippen LogP contribution in [0.1, 0.15) is 33.1 Å². The molecule has 2 heterocycles. The predicted octanol–water partition coefficient (Wildman–Crippen LogP) is 2.50. The Morgan fingerprint density at radius 1 is 1.16 bits per heavy atom. The number of carbonyl (C=O) groups excluding carboxylic acids is 2. The summed E-state index contributed by atoms with van der Waals surface area (Å²) in [7, 11) is -3.92. The van der Waals surface area contributed by atoms with Crippen LogP contribution in [0.4, 0.5) is 5.69 Å². The Kier molecular flexibility index (Phi) is 6.32. The Bertz CT molecular complexity index is 1230. The van der Waals surface area contributed by atoms with Crippen LogP contribution in [0.5, 0.6) is 0 Å². The first-order valence-corrected chi connectivity index (χ1v) is 10.9. The number of benzene rings is 1. The number of aryl methyl sites for hydroxylation is 2. The number of esters is 1. The zero-order valence-corrected chi connectivity index (χ0v) is 18.2. The Balaban J connectivity index is 1.64. The third kappa shape index (κ3) is 5.22. The zero-order chi connectivity index (χ0) is 22.8. The molecule has 1 aromatic carbocycles. The van der Waals surface area contributed by atoms with Gasteiger partial charge in [-0.25, -0.2) is 18.4 Å². The van der Waals surface area contributed by atoms with Crippen molar-refractivity contribution >= 4 is 27.6 Å². The molecule has 0 bridgehead atoms. The molecule has 0 aliphatic rings. The maximum atomic E-state index is 12.5. The van der Waals surface area contributed by atoms with E-state index < -0.39 is 28.5 Å². The summed E-state index contributed by atoms with van der Waals surface area (Å²) in [6, 6.07) is 9.63. The SMILES string of the molecule is Cc1ccc(NC(=O)COC(=O)c2cc(C)n(Cc3ccco3)c2C)cc1S(N)(=O)=O. The molecule has 2 aromatic heterocycles. The first-order valence-electron chi connectivity index (χ1n) is 9.36. The van der Waals surface area contributed by atoms with Gasteiger partial charge in [0.15, 0.2) is 6.61 Å². The Hall–Kier alpha value is -3.37. The third-order valence-corrected chi connectivity index (χ3v) is 5.85. The molecule has 164 valence electrons. The Morgan fingerprint density at radius 3 is 2.55 bits per heavy atom. The van der Waals surface area contributed by atoms with Gasteiger partial charge in [-0.15, -0.1) is 0 Å². The van der Waals surface area contributed by atoms with Crippen molar-refractivity contribution in [2.24, 2.45) is 5.14 Å². The largest absolute Gasteiger partial charge is 0.467 e. The molecule has 0 fully saturated rings. The molecular formula is C21H23N3O6S. The monoisotopic (exact) mass is 445 g/mol. The fourth-order valence-corrected chi connectivity index (χ4v) is 4.01. The lowest BCUT2D eigenvalue weighted by Gasteiger charge is -2.10. The lowest BCUT2D eigenvalue weighted by Crippen LogP contribution is -2.21. The van der Waals surface area contributed by atoms with E-state index in [1.54, 1.807) is 32.2 Å². The van der Waals surface area contributed by atoms with E-state index in [0.29, 0.717) is 23.4 Å². The minimum atomic E-state index is -3.92. The molecule has 0 atom stereocenters. The molecule has 3 aromatic rings. The maximum absolute atomic E-state index is 12.5. The standard InChI is InChI=1S/C21H23N3O6S/c1-13-6-7-16(10-19(13)31(22,27)28)23-20(25)12-30-21(26)18-9-14(2)24(15(18)3)11-17-5-4-8-29-17/h4-10H,11-12H2,1-3H3,(H,23,25)(H2,22,27,28). The number of ether oxygens (including phenoxy) is 1. The molecule has 10 heteroatoms. The highest BCUT2D eigenvalue weighted by Gasteiger charge is 2.19. The molecule has 0 spiro atoms. The summed E-state index contributed by atoms with van der Waals surface area (Å²) < 4.78 is 35.6. The van der Waals surface area contributed by atoms with Gasteiger partial charge < -0.3 is 19.0 Å². The summed E-state index contributed by atoms with van der Waals surface area (Å²) in [5.41, 5.74) is 2.57. The van der Waals surface area contributed by atoms with Crippen LogP contribution in [0.25, 0.3) is 0 Å². The van der Waals surface area contributed by atoms with Crippen molar-refractivity contribution in [2.75, 3.05) is 11.9 Å². The van der Waals surface area contributed by atoms with Crippen LogP contribution in [0.2, 0.25) is 0 Å². The number of furan rings is 1. The smallest absolute Gasteiger partial charge is 0.340 e. The van der Waals surface area contributed by atoms with Crippen molar-refractivity contribution in [3.05, 3.63) is 70.9 Å². The molecule has 3 N–H and O–H groups in total. The average Bonchev–Trinajstić information content (AvgIpc) is 3.30. The molecule has 0 saturated heterocycles.